The van der Waals surface area contributed by atoms with E-state index in [9.17, 15) is 4.79 Å². The molecule has 1 aromatic carbocycles. The largest absolute Gasteiger partial charge is 0.461 e. The number of furan rings is 1. The maximum Gasteiger partial charge on any atom is 0.226 e. The van der Waals surface area contributed by atoms with Crippen LogP contribution in [0.2, 0.25) is 0 Å². The molecule has 24 heavy (non-hydrogen) atoms. The van der Waals surface area contributed by atoms with E-state index in [1.807, 2.05) is 30.1 Å². The minimum atomic E-state index is 0.229. The predicted octanol–water partition coefficient (Wildman–Crippen LogP) is 3.34. The zero-order valence-corrected chi connectivity index (χ0v) is 14.6. The standard InChI is InChI=1S/C20H26N2O2/c1-3-17-15(14-6-4-5-7-18(14)24-17)13-22(2)19(23)16-12-20(16)8-10-21-11-9-20/h4-7,16,21H,3,8-13H2,1-2H3. The van der Waals surface area contributed by atoms with Crippen LogP contribution in [-0.4, -0.2) is 30.9 Å². The minimum Gasteiger partial charge on any atom is -0.461 e. The molecule has 2 fully saturated rings. The summed E-state index contributed by atoms with van der Waals surface area (Å²) >= 11 is 0. The number of benzene rings is 1. The Morgan fingerprint density at radius 2 is 2.08 bits per heavy atom. The highest BCUT2D eigenvalue weighted by Gasteiger charge is 2.58. The van der Waals surface area contributed by atoms with Gasteiger partial charge in [-0.2, -0.15) is 0 Å². The highest BCUT2D eigenvalue weighted by molar-refractivity contribution is 5.85. The Morgan fingerprint density at radius 3 is 2.83 bits per heavy atom. The molecule has 1 amide bonds. The SMILES string of the molecule is CCc1oc2ccccc2c1CN(C)C(=O)C1CC12CCNCC2. The average Bonchev–Trinajstić information content (AvgIpc) is 3.18. The van der Waals surface area contributed by atoms with Crippen LogP contribution in [0.15, 0.2) is 28.7 Å². The number of nitrogens with zero attached hydrogens (tertiary/aromatic N) is 1. The first-order valence-electron chi connectivity index (χ1n) is 9.09. The maximum atomic E-state index is 12.9. The van der Waals surface area contributed by atoms with Crippen molar-refractivity contribution in [2.24, 2.45) is 11.3 Å². The molecule has 128 valence electrons. The second-order valence-electron chi connectivity index (χ2n) is 7.42. The summed E-state index contributed by atoms with van der Waals surface area (Å²) in [5.41, 5.74) is 2.39. The van der Waals surface area contributed by atoms with Gasteiger partial charge in [-0.3, -0.25) is 4.79 Å². The van der Waals surface area contributed by atoms with Crippen LogP contribution in [0.4, 0.5) is 0 Å². The molecule has 1 saturated carbocycles. The Labute approximate surface area is 143 Å². The second-order valence-corrected chi connectivity index (χ2v) is 7.42. The van der Waals surface area contributed by atoms with E-state index in [1.54, 1.807) is 0 Å². The first-order valence-corrected chi connectivity index (χ1v) is 9.09. The van der Waals surface area contributed by atoms with Crippen LogP contribution in [0.1, 0.15) is 37.5 Å². The van der Waals surface area contributed by atoms with Gasteiger partial charge in [-0.05, 0) is 43.8 Å². The van der Waals surface area contributed by atoms with E-state index in [2.05, 4.69) is 18.3 Å². The van der Waals surface area contributed by atoms with E-state index in [1.165, 1.54) is 5.56 Å². The van der Waals surface area contributed by atoms with Crippen molar-refractivity contribution in [3.8, 4) is 0 Å². The van der Waals surface area contributed by atoms with Crippen molar-refractivity contribution >= 4 is 16.9 Å². The first-order chi connectivity index (χ1) is 11.6. The van der Waals surface area contributed by atoms with Gasteiger partial charge in [0.15, 0.2) is 0 Å². The van der Waals surface area contributed by atoms with Crippen LogP contribution < -0.4 is 5.32 Å². The third-order valence-electron chi connectivity index (χ3n) is 5.96. The van der Waals surface area contributed by atoms with Gasteiger partial charge in [0.1, 0.15) is 11.3 Å². The molecule has 2 aromatic rings. The number of fused-ring (bicyclic) bond motifs is 1. The third kappa shape index (κ3) is 2.53. The van der Waals surface area contributed by atoms with Crippen molar-refractivity contribution < 1.29 is 9.21 Å². The van der Waals surface area contributed by atoms with Gasteiger partial charge in [-0.1, -0.05) is 25.1 Å². The molecule has 4 nitrogen and oxygen atoms in total. The van der Waals surface area contributed by atoms with Gasteiger partial charge in [0.2, 0.25) is 5.91 Å². The predicted molar refractivity (Wildman–Crippen MR) is 94.7 cm³/mol. The lowest BCUT2D eigenvalue weighted by atomic mass is 9.91. The smallest absolute Gasteiger partial charge is 0.226 e. The van der Waals surface area contributed by atoms with Gasteiger partial charge in [-0.15, -0.1) is 0 Å². The fourth-order valence-corrected chi connectivity index (χ4v) is 4.36. The Balaban J connectivity index is 1.52. The van der Waals surface area contributed by atoms with Crippen LogP contribution in [0, 0.1) is 11.3 Å². The Bertz CT molecular complexity index is 758. The summed E-state index contributed by atoms with van der Waals surface area (Å²) in [6.45, 7) is 4.86. The molecule has 1 saturated heterocycles. The van der Waals surface area contributed by atoms with Crippen LogP contribution in [0.3, 0.4) is 0 Å². The van der Waals surface area contributed by atoms with Crippen molar-refractivity contribution in [1.82, 2.24) is 10.2 Å². The summed E-state index contributed by atoms with van der Waals surface area (Å²) in [4.78, 5) is 14.8. The highest BCUT2D eigenvalue weighted by Crippen LogP contribution is 2.59. The van der Waals surface area contributed by atoms with E-state index in [4.69, 9.17) is 4.42 Å². The Morgan fingerprint density at radius 1 is 1.33 bits per heavy atom. The molecular formula is C20H26N2O2. The van der Waals surface area contributed by atoms with Gasteiger partial charge in [-0.25, -0.2) is 0 Å². The molecule has 4 heteroatoms. The van der Waals surface area contributed by atoms with E-state index < -0.39 is 0 Å². The summed E-state index contributed by atoms with van der Waals surface area (Å²) in [7, 11) is 1.94. The molecule has 2 aliphatic rings. The zero-order valence-electron chi connectivity index (χ0n) is 14.6. The lowest BCUT2D eigenvalue weighted by molar-refractivity contribution is -0.132. The number of hydrogen-bond donors (Lipinski definition) is 1. The number of para-hydroxylation sites is 1. The summed E-state index contributed by atoms with van der Waals surface area (Å²) in [5, 5.41) is 4.54. The van der Waals surface area contributed by atoms with E-state index >= 15 is 0 Å². The van der Waals surface area contributed by atoms with Gasteiger partial charge in [0.05, 0.1) is 0 Å². The van der Waals surface area contributed by atoms with Gasteiger partial charge in [0.25, 0.3) is 0 Å². The van der Waals surface area contributed by atoms with Gasteiger partial charge < -0.3 is 14.6 Å². The fourth-order valence-electron chi connectivity index (χ4n) is 4.36. The van der Waals surface area contributed by atoms with Crippen LogP contribution in [0.25, 0.3) is 11.0 Å². The molecule has 1 aliphatic heterocycles. The maximum absolute atomic E-state index is 12.9. The summed E-state index contributed by atoms with van der Waals surface area (Å²) in [6, 6.07) is 8.13. The molecule has 2 heterocycles. The summed E-state index contributed by atoms with van der Waals surface area (Å²) < 4.78 is 5.97. The third-order valence-corrected chi connectivity index (χ3v) is 5.96. The first kappa shape index (κ1) is 15.7. The van der Waals surface area contributed by atoms with Crippen LogP contribution in [0.5, 0.6) is 0 Å². The highest BCUT2D eigenvalue weighted by atomic mass is 16.3. The lowest BCUT2D eigenvalue weighted by Crippen LogP contribution is -2.34. The molecule has 0 radical (unpaired) electrons. The molecule has 1 N–H and O–H groups in total. The van der Waals surface area contributed by atoms with Crippen LogP contribution >= 0.6 is 0 Å². The van der Waals surface area contributed by atoms with Crippen molar-refractivity contribution in [2.45, 2.75) is 39.2 Å². The summed E-state index contributed by atoms with van der Waals surface area (Å²) in [6.07, 6.45) is 4.22. The number of piperidine rings is 1. The van der Waals surface area contributed by atoms with Crippen molar-refractivity contribution in [3.05, 3.63) is 35.6 Å². The van der Waals surface area contributed by atoms with Crippen molar-refractivity contribution in [3.63, 3.8) is 0 Å². The molecule has 1 unspecified atom stereocenters. The van der Waals surface area contributed by atoms with Gasteiger partial charge >= 0.3 is 0 Å². The molecular weight excluding hydrogens is 300 g/mol. The number of nitrogens with one attached hydrogen (secondary N) is 1. The minimum absolute atomic E-state index is 0.229. The average molecular weight is 326 g/mol. The van der Waals surface area contributed by atoms with Crippen LogP contribution in [-0.2, 0) is 17.8 Å². The number of carbonyl (C=O) groups is 1. The molecule has 4 rings (SSSR count). The molecule has 1 spiro atoms. The van der Waals surface area contributed by atoms with Gasteiger partial charge in [0, 0.05) is 36.9 Å². The zero-order chi connectivity index (χ0) is 16.7. The van der Waals surface area contributed by atoms with Crippen molar-refractivity contribution in [2.75, 3.05) is 20.1 Å². The lowest BCUT2D eigenvalue weighted by Gasteiger charge is -2.25. The molecule has 0 bridgehead atoms. The second kappa shape index (κ2) is 5.92. The van der Waals surface area contributed by atoms with E-state index in [-0.39, 0.29) is 5.92 Å². The molecule has 1 aliphatic carbocycles. The van der Waals surface area contributed by atoms with E-state index in [0.29, 0.717) is 17.9 Å². The number of aryl methyl sites for hydroxylation is 1. The topological polar surface area (TPSA) is 45.5 Å². The van der Waals surface area contributed by atoms with Crippen molar-refractivity contribution in [1.29, 1.82) is 0 Å². The quantitative estimate of drug-likeness (QED) is 0.937. The molecule has 1 atom stereocenters. The molecule has 1 aromatic heterocycles. The number of rotatable bonds is 4. The Hall–Kier alpha value is -1.81. The fraction of sp³-hybridized carbons (Fsp3) is 0.550. The number of amides is 1. The van der Waals surface area contributed by atoms with E-state index in [0.717, 1.165) is 55.5 Å². The Kier molecular flexibility index (Phi) is 3.87. The monoisotopic (exact) mass is 326 g/mol. The normalized spacial score (nSPS) is 22.0. The summed E-state index contributed by atoms with van der Waals surface area (Å²) in [5.74, 6) is 1.54. The number of hydrogen-bond acceptors (Lipinski definition) is 3. The number of carbonyl (C=O) groups excluding carboxylic acids is 1.